The summed E-state index contributed by atoms with van der Waals surface area (Å²) in [6.07, 6.45) is -18.8. The van der Waals surface area contributed by atoms with Gasteiger partial charge in [0.2, 0.25) is 0 Å². The Labute approximate surface area is 240 Å². The zero-order valence-corrected chi connectivity index (χ0v) is 22.0. The van der Waals surface area contributed by atoms with Gasteiger partial charge in [-0.25, -0.2) is 9.97 Å². The van der Waals surface area contributed by atoms with Gasteiger partial charge in [-0.1, -0.05) is 37.1 Å². The molecule has 1 aliphatic rings. The molecule has 1 saturated carbocycles. The highest BCUT2D eigenvalue weighted by Gasteiger charge is 2.40. The van der Waals surface area contributed by atoms with Crippen LogP contribution in [0.2, 0.25) is 0 Å². The summed E-state index contributed by atoms with van der Waals surface area (Å²) in [4.78, 5) is 6.48. The van der Waals surface area contributed by atoms with Gasteiger partial charge in [-0.2, -0.15) is 52.7 Å². The molecule has 4 aromatic rings. The average Bonchev–Trinajstić information content (AvgIpc) is 2.91. The van der Waals surface area contributed by atoms with Crippen molar-refractivity contribution in [1.82, 2.24) is 9.97 Å². The molecule has 0 amide bonds. The number of fused-ring (bicyclic) bond motifs is 2. The molecule has 4 nitrogen and oxygen atoms in total. The number of nitrogens with zero attached hydrogens (tertiary/aromatic N) is 2. The van der Waals surface area contributed by atoms with E-state index in [1.54, 1.807) is 0 Å². The van der Waals surface area contributed by atoms with Crippen molar-refractivity contribution in [1.29, 1.82) is 0 Å². The van der Waals surface area contributed by atoms with Gasteiger partial charge in [0.25, 0.3) is 0 Å². The first-order valence-corrected chi connectivity index (χ1v) is 13.0. The molecule has 16 heteroatoms. The molecular weight excluding hydrogens is 620 g/mol. The van der Waals surface area contributed by atoms with Gasteiger partial charge in [-0.05, 0) is 37.1 Å². The Morgan fingerprint density at radius 3 is 1.20 bits per heavy atom. The largest absolute Gasteiger partial charge is 0.433 e. The molecule has 2 heterocycles. The minimum absolute atomic E-state index is 0.227. The van der Waals surface area contributed by atoms with Crippen molar-refractivity contribution >= 4 is 33.2 Å². The summed E-state index contributed by atoms with van der Waals surface area (Å²) >= 11 is 0. The lowest BCUT2D eigenvalue weighted by molar-refractivity contribution is -0.142. The maximum atomic E-state index is 13.7. The number of rotatable bonds is 4. The van der Waals surface area contributed by atoms with Crippen LogP contribution in [0.1, 0.15) is 48.2 Å². The zero-order valence-electron chi connectivity index (χ0n) is 22.0. The molecule has 2 atom stereocenters. The van der Waals surface area contributed by atoms with E-state index in [0.29, 0.717) is 37.1 Å². The SMILES string of the molecule is FC(F)(F)c1cc(N[C@H]2CCCC[C@@H]2Nc2cc(C(F)(F)F)nc3c(C(F)(F)F)cccc23)c2cccc(C(F)(F)F)c2n1. The van der Waals surface area contributed by atoms with Crippen LogP contribution in [0, 0.1) is 0 Å². The monoisotopic (exact) mass is 640 g/mol. The second-order valence-electron chi connectivity index (χ2n) is 10.3. The molecule has 0 unspecified atom stereocenters. The number of pyridine rings is 2. The molecular formula is C28H20F12N4. The number of hydrogen-bond donors (Lipinski definition) is 2. The standard InChI is InChI=1S/C28H20F12N4/c29-25(30,31)15-7-3-5-13-19(11-21(27(35,36)37)43-23(13)15)41-17-9-1-2-10-18(17)42-20-12-22(28(38,39)40)44-24-14(20)6-4-8-16(24)26(32,33)34/h3-8,11-12,17-18H,1-2,9-10H2,(H,41,43)(H,42,44)/t17-,18-/m0/s1. The number of aromatic nitrogens is 2. The van der Waals surface area contributed by atoms with Gasteiger partial charge in [0.1, 0.15) is 11.4 Å². The fraction of sp³-hybridized carbons (Fsp3) is 0.357. The molecule has 1 aliphatic carbocycles. The highest BCUT2D eigenvalue weighted by molar-refractivity contribution is 5.95. The Morgan fingerprint density at radius 2 is 0.886 bits per heavy atom. The minimum Gasteiger partial charge on any atom is -0.380 e. The van der Waals surface area contributed by atoms with Crippen molar-refractivity contribution in [2.45, 2.75) is 62.5 Å². The second-order valence-corrected chi connectivity index (χ2v) is 10.3. The van der Waals surface area contributed by atoms with Gasteiger partial charge in [0.15, 0.2) is 0 Å². The number of halogens is 12. The van der Waals surface area contributed by atoms with Crippen molar-refractivity contribution in [3.05, 3.63) is 71.0 Å². The van der Waals surface area contributed by atoms with E-state index in [-0.39, 0.29) is 35.0 Å². The predicted octanol–water partition coefficient (Wildman–Crippen LogP) is 9.69. The van der Waals surface area contributed by atoms with Crippen LogP contribution < -0.4 is 10.6 Å². The Morgan fingerprint density at radius 1 is 0.523 bits per heavy atom. The maximum absolute atomic E-state index is 13.7. The molecule has 0 spiro atoms. The fourth-order valence-corrected chi connectivity index (χ4v) is 5.36. The molecule has 2 N–H and O–H groups in total. The van der Waals surface area contributed by atoms with Crippen LogP contribution in [0.5, 0.6) is 0 Å². The van der Waals surface area contributed by atoms with E-state index in [1.165, 1.54) is 0 Å². The topological polar surface area (TPSA) is 49.8 Å². The summed E-state index contributed by atoms with van der Waals surface area (Å²) in [5.74, 6) is 0. The smallest absolute Gasteiger partial charge is 0.380 e. The number of para-hydroxylation sites is 2. The molecule has 2 aromatic carbocycles. The molecule has 1 fully saturated rings. The molecule has 0 aliphatic heterocycles. The minimum atomic E-state index is -5.12. The van der Waals surface area contributed by atoms with E-state index in [1.807, 2.05) is 0 Å². The Kier molecular flexibility index (Phi) is 7.77. The number of hydrogen-bond acceptors (Lipinski definition) is 4. The van der Waals surface area contributed by atoms with Crippen LogP contribution >= 0.6 is 0 Å². The highest BCUT2D eigenvalue weighted by Crippen LogP contribution is 2.42. The van der Waals surface area contributed by atoms with Crippen molar-refractivity contribution in [2.24, 2.45) is 0 Å². The first-order valence-electron chi connectivity index (χ1n) is 13.0. The summed E-state index contributed by atoms with van der Waals surface area (Å²) in [5, 5.41) is 5.10. The first kappa shape index (κ1) is 31.4. The summed E-state index contributed by atoms with van der Waals surface area (Å²) in [7, 11) is 0. The van der Waals surface area contributed by atoms with Crippen molar-refractivity contribution in [2.75, 3.05) is 10.6 Å². The zero-order chi connectivity index (χ0) is 32.2. The van der Waals surface area contributed by atoms with E-state index in [9.17, 15) is 52.7 Å². The molecule has 0 bridgehead atoms. The third-order valence-electron chi connectivity index (χ3n) is 7.32. The molecule has 236 valence electrons. The second kappa shape index (κ2) is 10.9. The van der Waals surface area contributed by atoms with Crippen LogP contribution in [0.25, 0.3) is 21.8 Å². The normalized spacial score (nSPS) is 18.5. The van der Waals surface area contributed by atoms with Crippen LogP contribution in [-0.2, 0) is 24.7 Å². The van der Waals surface area contributed by atoms with Crippen LogP contribution in [0.15, 0.2) is 48.5 Å². The average molecular weight is 640 g/mol. The van der Waals surface area contributed by atoms with Crippen molar-refractivity contribution in [3.63, 3.8) is 0 Å². The van der Waals surface area contributed by atoms with Gasteiger partial charge in [-0.3, -0.25) is 0 Å². The lowest BCUT2D eigenvalue weighted by atomic mass is 9.89. The van der Waals surface area contributed by atoms with E-state index in [2.05, 4.69) is 20.6 Å². The third kappa shape index (κ3) is 6.29. The lowest BCUT2D eigenvalue weighted by Gasteiger charge is -2.35. The predicted molar refractivity (Wildman–Crippen MR) is 137 cm³/mol. The first-order chi connectivity index (χ1) is 20.3. The highest BCUT2D eigenvalue weighted by atomic mass is 19.4. The number of benzene rings is 2. The van der Waals surface area contributed by atoms with Crippen LogP contribution in [-0.4, -0.2) is 22.1 Å². The van der Waals surface area contributed by atoms with Gasteiger partial charge in [0.05, 0.1) is 22.2 Å². The van der Waals surface area contributed by atoms with E-state index < -0.39 is 70.3 Å². The Bertz CT molecular complexity index is 1560. The molecule has 0 saturated heterocycles. The molecule has 44 heavy (non-hydrogen) atoms. The fourth-order valence-electron chi connectivity index (χ4n) is 5.36. The number of alkyl halides is 12. The van der Waals surface area contributed by atoms with E-state index in [0.717, 1.165) is 24.3 Å². The van der Waals surface area contributed by atoms with E-state index in [4.69, 9.17) is 0 Å². The number of nitrogens with one attached hydrogen (secondary N) is 2. The van der Waals surface area contributed by atoms with Gasteiger partial charge < -0.3 is 10.6 Å². The molecule has 5 rings (SSSR count). The van der Waals surface area contributed by atoms with Gasteiger partial charge in [-0.15, -0.1) is 0 Å². The Hall–Kier alpha value is -3.98. The third-order valence-corrected chi connectivity index (χ3v) is 7.32. The molecule has 2 aromatic heterocycles. The van der Waals surface area contributed by atoms with Gasteiger partial charge in [0, 0.05) is 34.2 Å². The molecule has 0 radical (unpaired) electrons. The summed E-state index contributed by atoms with van der Waals surface area (Å²) in [5.41, 5.74) is -8.58. The van der Waals surface area contributed by atoms with Crippen LogP contribution in [0.4, 0.5) is 64.1 Å². The summed E-state index contributed by atoms with van der Waals surface area (Å²) in [6.45, 7) is 0. The van der Waals surface area contributed by atoms with Crippen molar-refractivity contribution in [3.8, 4) is 0 Å². The summed E-state index contributed by atoms with van der Waals surface area (Å²) < 4.78 is 164. The Balaban J connectivity index is 1.60. The van der Waals surface area contributed by atoms with Crippen LogP contribution in [0.3, 0.4) is 0 Å². The lowest BCUT2D eigenvalue weighted by Crippen LogP contribution is -2.42. The quantitative estimate of drug-likeness (QED) is 0.218. The summed E-state index contributed by atoms with van der Waals surface area (Å²) in [6, 6.07) is 4.87. The maximum Gasteiger partial charge on any atom is 0.433 e. The van der Waals surface area contributed by atoms with Gasteiger partial charge >= 0.3 is 24.7 Å². The van der Waals surface area contributed by atoms with Crippen molar-refractivity contribution < 1.29 is 52.7 Å². The van der Waals surface area contributed by atoms with E-state index >= 15 is 0 Å². The number of anilines is 2.